The first-order valence-corrected chi connectivity index (χ1v) is 6.11. The van der Waals surface area contributed by atoms with Crippen LogP contribution in [0.2, 0.25) is 0 Å². The number of ether oxygens (including phenoxy) is 1. The van der Waals surface area contributed by atoms with E-state index in [4.69, 9.17) is 4.74 Å². The third-order valence-corrected chi connectivity index (χ3v) is 2.88. The van der Waals surface area contributed by atoms with Crippen LogP contribution < -0.4 is 10.1 Å². The largest absolute Gasteiger partial charge is 0.495 e. The molecule has 1 aromatic carbocycles. The van der Waals surface area contributed by atoms with Crippen LogP contribution >= 0.6 is 0 Å². The minimum absolute atomic E-state index is 0.0439. The Morgan fingerprint density at radius 2 is 2.21 bits per heavy atom. The zero-order chi connectivity index (χ0) is 13.7. The molecule has 5 heteroatoms. The monoisotopic (exact) mass is 259 g/mol. The second kappa shape index (κ2) is 6.04. The van der Waals surface area contributed by atoms with Crippen LogP contribution in [0.15, 0.2) is 36.7 Å². The highest BCUT2D eigenvalue weighted by atomic mass is 16.5. The molecule has 5 nitrogen and oxygen atoms in total. The smallest absolute Gasteiger partial charge is 0.226 e. The Morgan fingerprint density at radius 1 is 1.42 bits per heavy atom. The number of aryl methyl sites for hydroxylation is 2. The number of benzene rings is 1. The summed E-state index contributed by atoms with van der Waals surface area (Å²) in [5.41, 5.74) is 0.692. The van der Waals surface area contributed by atoms with Crippen molar-refractivity contribution in [1.82, 2.24) is 9.55 Å². The van der Waals surface area contributed by atoms with Crippen molar-refractivity contribution < 1.29 is 9.53 Å². The van der Waals surface area contributed by atoms with E-state index in [0.29, 0.717) is 24.4 Å². The van der Waals surface area contributed by atoms with E-state index in [9.17, 15) is 4.79 Å². The molecule has 100 valence electrons. The maximum atomic E-state index is 11.9. The highest BCUT2D eigenvalue weighted by Gasteiger charge is 2.07. The van der Waals surface area contributed by atoms with Gasteiger partial charge in [-0.25, -0.2) is 4.98 Å². The van der Waals surface area contributed by atoms with Crippen molar-refractivity contribution in [3.8, 4) is 5.75 Å². The Bertz CT molecular complexity index is 563. The van der Waals surface area contributed by atoms with Crippen LogP contribution in [0.4, 0.5) is 5.69 Å². The summed E-state index contributed by atoms with van der Waals surface area (Å²) >= 11 is 0. The van der Waals surface area contributed by atoms with Crippen LogP contribution in [-0.4, -0.2) is 22.6 Å². The number of nitrogens with zero attached hydrogens (tertiary/aromatic N) is 2. The summed E-state index contributed by atoms with van der Waals surface area (Å²) in [6, 6.07) is 7.36. The molecule has 0 spiro atoms. The maximum absolute atomic E-state index is 11.9. The Hall–Kier alpha value is -2.30. The number of amides is 1. The number of imidazole rings is 1. The second-order valence-corrected chi connectivity index (χ2v) is 4.17. The number of hydrogen-bond acceptors (Lipinski definition) is 3. The van der Waals surface area contributed by atoms with Gasteiger partial charge >= 0.3 is 0 Å². The van der Waals surface area contributed by atoms with Gasteiger partial charge in [0.2, 0.25) is 5.91 Å². The number of hydrogen-bond donors (Lipinski definition) is 1. The van der Waals surface area contributed by atoms with Crippen LogP contribution in [0.1, 0.15) is 12.2 Å². The SMILES string of the molecule is COc1ccccc1NC(=O)CCn1ccnc1C. The molecule has 1 N–H and O–H groups in total. The average Bonchev–Trinajstić information content (AvgIpc) is 2.82. The lowest BCUT2D eigenvalue weighted by Crippen LogP contribution is -2.15. The van der Waals surface area contributed by atoms with E-state index in [1.54, 1.807) is 13.3 Å². The van der Waals surface area contributed by atoms with Gasteiger partial charge in [-0.3, -0.25) is 4.79 Å². The van der Waals surface area contributed by atoms with Gasteiger partial charge in [-0.15, -0.1) is 0 Å². The Morgan fingerprint density at radius 3 is 2.89 bits per heavy atom. The van der Waals surface area contributed by atoms with Gasteiger partial charge in [0.25, 0.3) is 0 Å². The first-order chi connectivity index (χ1) is 9.20. The average molecular weight is 259 g/mol. The van der Waals surface area contributed by atoms with E-state index >= 15 is 0 Å². The summed E-state index contributed by atoms with van der Waals surface area (Å²) in [7, 11) is 1.58. The molecule has 0 fully saturated rings. The van der Waals surface area contributed by atoms with Crippen molar-refractivity contribution in [3.05, 3.63) is 42.5 Å². The fraction of sp³-hybridized carbons (Fsp3) is 0.286. The molecule has 0 aliphatic carbocycles. The molecule has 0 saturated heterocycles. The minimum Gasteiger partial charge on any atom is -0.495 e. The number of aromatic nitrogens is 2. The van der Waals surface area contributed by atoms with Crippen LogP contribution in [0, 0.1) is 6.92 Å². The molecule has 1 heterocycles. The molecule has 0 aliphatic heterocycles. The van der Waals surface area contributed by atoms with Gasteiger partial charge in [-0.1, -0.05) is 12.1 Å². The Labute approximate surface area is 112 Å². The van der Waals surface area contributed by atoms with Gasteiger partial charge in [0.1, 0.15) is 11.6 Å². The lowest BCUT2D eigenvalue weighted by Gasteiger charge is -2.10. The molecule has 0 radical (unpaired) electrons. The number of para-hydroxylation sites is 2. The zero-order valence-electron chi connectivity index (χ0n) is 11.1. The highest BCUT2D eigenvalue weighted by Crippen LogP contribution is 2.23. The highest BCUT2D eigenvalue weighted by molar-refractivity contribution is 5.92. The number of nitrogens with one attached hydrogen (secondary N) is 1. The minimum atomic E-state index is -0.0439. The third-order valence-electron chi connectivity index (χ3n) is 2.88. The van der Waals surface area contributed by atoms with Crippen LogP contribution in [0.3, 0.4) is 0 Å². The summed E-state index contributed by atoms with van der Waals surface area (Å²) in [6.45, 7) is 2.53. The summed E-state index contributed by atoms with van der Waals surface area (Å²) in [5.74, 6) is 1.53. The molecule has 0 unspecified atom stereocenters. The predicted molar refractivity (Wildman–Crippen MR) is 73.2 cm³/mol. The molecule has 0 saturated carbocycles. The van der Waals surface area contributed by atoms with Gasteiger partial charge < -0.3 is 14.6 Å². The van der Waals surface area contributed by atoms with E-state index < -0.39 is 0 Å². The summed E-state index contributed by atoms with van der Waals surface area (Å²) in [5, 5.41) is 2.85. The topological polar surface area (TPSA) is 56.1 Å². The zero-order valence-corrected chi connectivity index (χ0v) is 11.1. The van der Waals surface area contributed by atoms with Gasteiger partial charge in [0.05, 0.1) is 12.8 Å². The van der Waals surface area contributed by atoms with E-state index in [-0.39, 0.29) is 5.91 Å². The molecule has 2 aromatic rings. The molecular weight excluding hydrogens is 242 g/mol. The van der Waals surface area contributed by atoms with E-state index in [0.717, 1.165) is 5.82 Å². The van der Waals surface area contributed by atoms with Crippen LogP contribution in [-0.2, 0) is 11.3 Å². The number of rotatable bonds is 5. The number of carbonyl (C=O) groups excluding carboxylic acids is 1. The molecule has 2 rings (SSSR count). The van der Waals surface area contributed by atoms with E-state index in [1.807, 2.05) is 42.0 Å². The Kier molecular flexibility index (Phi) is 4.18. The summed E-state index contributed by atoms with van der Waals surface area (Å²) in [4.78, 5) is 16.0. The van der Waals surface area contributed by atoms with Gasteiger partial charge in [-0.2, -0.15) is 0 Å². The normalized spacial score (nSPS) is 10.2. The Balaban J connectivity index is 1.93. The maximum Gasteiger partial charge on any atom is 0.226 e. The number of methoxy groups -OCH3 is 1. The second-order valence-electron chi connectivity index (χ2n) is 4.17. The van der Waals surface area contributed by atoms with E-state index in [1.165, 1.54) is 0 Å². The van der Waals surface area contributed by atoms with Gasteiger partial charge in [0, 0.05) is 25.4 Å². The molecule has 1 aromatic heterocycles. The van der Waals surface area contributed by atoms with Gasteiger partial charge in [-0.05, 0) is 19.1 Å². The predicted octanol–water partition coefficient (Wildman–Crippen LogP) is 2.23. The molecular formula is C14H17N3O2. The van der Waals surface area contributed by atoms with Crippen molar-refractivity contribution in [2.75, 3.05) is 12.4 Å². The van der Waals surface area contributed by atoms with Gasteiger partial charge in [0.15, 0.2) is 0 Å². The third kappa shape index (κ3) is 3.34. The molecule has 19 heavy (non-hydrogen) atoms. The fourth-order valence-electron chi connectivity index (χ4n) is 1.82. The first-order valence-electron chi connectivity index (χ1n) is 6.11. The van der Waals surface area contributed by atoms with E-state index in [2.05, 4.69) is 10.3 Å². The van der Waals surface area contributed by atoms with Crippen molar-refractivity contribution >= 4 is 11.6 Å². The van der Waals surface area contributed by atoms with Crippen LogP contribution in [0.5, 0.6) is 5.75 Å². The van der Waals surface area contributed by atoms with Crippen molar-refractivity contribution in [1.29, 1.82) is 0 Å². The van der Waals surface area contributed by atoms with Crippen molar-refractivity contribution in [2.24, 2.45) is 0 Å². The number of anilines is 1. The summed E-state index contributed by atoms with van der Waals surface area (Å²) in [6.07, 6.45) is 3.99. The molecule has 0 atom stereocenters. The van der Waals surface area contributed by atoms with Crippen LogP contribution in [0.25, 0.3) is 0 Å². The van der Waals surface area contributed by atoms with Crippen molar-refractivity contribution in [3.63, 3.8) is 0 Å². The fourth-order valence-corrected chi connectivity index (χ4v) is 1.82. The molecule has 1 amide bonds. The number of carbonyl (C=O) groups is 1. The lowest BCUT2D eigenvalue weighted by atomic mass is 10.2. The quantitative estimate of drug-likeness (QED) is 0.895. The summed E-state index contributed by atoms with van der Waals surface area (Å²) < 4.78 is 7.13. The first kappa shape index (κ1) is 13.1. The lowest BCUT2D eigenvalue weighted by molar-refractivity contribution is -0.116. The van der Waals surface area contributed by atoms with Crippen molar-refractivity contribution in [2.45, 2.75) is 19.9 Å². The molecule has 0 aliphatic rings. The molecule has 0 bridgehead atoms. The standard InChI is InChI=1S/C14H17N3O2/c1-11-15-8-10-17(11)9-7-14(18)16-12-5-3-4-6-13(12)19-2/h3-6,8,10H,7,9H2,1-2H3,(H,16,18).